The standard InChI is InChI=1S/C10H24N4.Cu/c1-3-11-7-9-13-5-2-6-14-10-8-12-4-1;/h11-14H,1-10H2;/q;+2. The van der Waals surface area contributed by atoms with Gasteiger partial charge in [0.15, 0.2) is 0 Å². The third-order valence-corrected chi connectivity index (χ3v) is 2.37. The molecule has 0 bridgehead atoms. The van der Waals surface area contributed by atoms with E-state index >= 15 is 0 Å². The first kappa shape index (κ1) is 15.4. The van der Waals surface area contributed by atoms with Crippen LogP contribution in [0, 0.1) is 0 Å². The van der Waals surface area contributed by atoms with E-state index in [1.165, 1.54) is 12.8 Å². The largest absolute Gasteiger partial charge is 2.00 e. The number of rotatable bonds is 0. The molecule has 0 atom stereocenters. The Morgan fingerprint density at radius 2 is 0.667 bits per heavy atom. The van der Waals surface area contributed by atoms with E-state index in [4.69, 9.17) is 0 Å². The zero-order chi connectivity index (χ0) is 9.90. The fourth-order valence-electron chi connectivity index (χ4n) is 1.53. The number of nitrogens with one attached hydrogen (secondary N) is 4. The topological polar surface area (TPSA) is 48.1 Å². The van der Waals surface area contributed by atoms with Crippen molar-refractivity contribution >= 4 is 0 Å². The molecule has 1 saturated heterocycles. The summed E-state index contributed by atoms with van der Waals surface area (Å²) >= 11 is 0. The predicted octanol–water partition coefficient (Wildman–Crippen LogP) is -0.864. The Morgan fingerprint density at radius 1 is 0.400 bits per heavy atom. The summed E-state index contributed by atoms with van der Waals surface area (Å²) in [6.45, 7) is 8.87. The van der Waals surface area contributed by atoms with Gasteiger partial charge in [-0.05, 0) is 39.0 Å². The van der Waals surface area contributed by atoms with E-state index in [1.54, 1.807) is 0 Å². The molecule has 4 nitrogen and oxygen atoms in total. The summed E-state index contributed by atoms with van der Waals surface area (Å²) in [5, 5.41) is 13.7. The van der Waals surface area contributed by atoms with Crippen LogP contribution in [0.5, 0.6) is 0 Å². The van der Waals surface area contributed by atoms with Crippen molar-refractivity contribution in [3.8, 4) is 0 Å². The molecule has 0 aliphatic carbocycles. The maximum absolute atomic E-state index is 3.42. The summed E-state index contributed by atoms with van der Waals surface area (Å²) in [7, 11) is 0. The van der Waals surface area contributed by atoms with Crippen LogP contribution in [-0.4, -0.2) is 52.4 Å². The summed E-state index contributed by atoms with van der Waals surface area (Å²) in [5.41, 5.74) is 0. The van der Waals surface area contributed by atoms with Crippen molar-refractivity contribution in [2.24, 2.45) is 0 Å². The van der Waals surface area contributed by atoms with E-state index in [9.17, 15) is 0 Å². The van der Waals surface area contributed by atoms with Crippen molar-refractivity contribution < 1.29 is 17.1 Å². The molecule has 1 aliphatic heterocycles. The van der Waals surface area contributed by atoms with E-state index in [0.29, 0.717) is 0 Å². The van der Waals surface area contributed by atoms with Crippen LogP contribution in [-0.2, 0) is 17.1 Å². The smallest absolute Gasteiger partial charge is 0.315 e. The first-order chi connectivity index (χ1) is 7.00. The van der Waals surface area contributed by atoms with Crippen LogP contribution in [0.4, 0.5) is 0 Å². The molecule has 0 aromatic heterocycles. The second kappa shape index (κ2) is 12.4. The quantitative estimate of drug-likeness (QED) is 0.430. The summed E-state index contributed by atoms with van der Waals surface area (Å²) in [6.07, 6.45) is 2.44. The zero-order valence-corrected chi connectivity index (χ0v) is 10.3. The van der Waals surface area contributed by atoms with Gasteiger partial charge in [0, 0.05) is 26.2 Å². The Labute approximate surface area is 104 Å². The van der Waals surface area contributed by atoms with E-state index in [0.717, 1.165) is 52.4 Å². The summed E-state index contributed by atoms with van der Waals surface area (Å²) in [4.78, 5) is 0. The maximum Gasteiger partial charge on any atom is 2.00 e. The molecule has 4 N–H and O–H groups in total. The Balaban J connectivity index is 0.00000196. The molecule has 0 spiro atoms. The van der Waals surface area contributed by atoms with E-state index < -0.39 is 0 Å². The normalized spacial score (nSPS) is 22.4. The van der Waals surface area contributed by atoms with Gasteiger partial charge in [0.1, 0.15) is 0 Å². The average Bonchev–Trinajstić information content (AvgIpc) is 2.22. The van der Waals surface area contributed by atoms with Crippen molar-refractivity contribution in [2.45, 2.75) is 12.8 Å². The van der Waals surface area contributed by atoms with E-state index in [1.807, 2.05) is 0 Å². The Kier molecular flexibility index (Phi) is 12.7. The van der Waals surface area contributed by atoms with Gasteiger partial charge in [0.05, 0.1) is 0 Å². The van der Waals surface area contributed by atoms with Gasteiger partial charge in [-0.25, -0.2) is 0 Å². The number of hydrogen-bond donors (Lipinski definition) is 4. The van der Waals surface area contributed by atoms with Crippen LogP contribution in [0.15, 0.2) is 0 Å². The Morgan fingerprint density at radius 3 is 0.933 bits per heavy atom. The molecular formula is C10H24CuN4+2. The number of hydrogen-bond acceptors (Lipinski definition) is 4. The van der Waals surface area contributed by atoms with Crippen LogP contribution in [0.25, 0.3) is 0 Å². The SMILES string of the molecule is C1CNCCNCCCNCCNC1.[Cu+2]. The minimum atomic E-state index is 0. The van der Waals surface area contributed by atoms with Crippen LogP contribution in [0.1, 0.15) is 12.8 Å². The average molecular weight is 264 g/mol. The summed E-state index contributed by atoms with van der Waals surface area (Å²) < 4.78 is 0. The molecule has 1 aliphatic rings. The van der Waals surface area contributed by atoms with Gasteiger partial charge in [0.25, 0.3) is 0 Å². The fourth-order valence-corrected chi connectivity index (χ4v) is 1.53. The minimum Gasteiger partial charge on any atom is -0.315 e. The molecule has 15 heavy (non-hydrogen) atoms. The fraction of sp³-hybridized carbons (Fsp3) is 1.00. The van der Waals surface area contributed by atoms with Crippen molar-refractivity contribution in [2.75, 3.05) is 52.4 Å². The molecular weight excluding hydrogens is 240 g/mol. The molecule has 5 heteroatoms. The molecule has 1 heterocycles. The molecule has 93 valence electrons. The summed E-state index contributed by atoms with van der Waals surface area (Å²) in [5.74, 6) is 0. The van der Waals surface area contributed by atoms with Crippen molar-refractivity contribution in [3.63, 3.8) is 0 Å². The molecule has 1 radical (unpaired) electrons. The molecule has 1 fully saturated rings. The van der Waals surface area contributed by atoms with Crippen LogP contribution in [0.2, 0.25) is 0 Å². The molecule has 0 saturated carbocycles. The minimum absolute atomic E-state index is 0. The maximum atomic E-state index is 3.42. The molecule has 0 aromatic carbocycles. The van der Waals surface area contributed by atoms with Gasteiger partial charge in [-0.1, -0.05) is 0 Å². The second-order valence-corrected chi connectivity index (χ2v) is 3.71. The molecule has 0 aromatic rings. The van der Waals surface area contributed by atoms with E-state index in [-0.39, 0.29) is 17.1 Å². The Hall–Kier alpha value is 0.359. The van der Waals surface area contributed by atoms with Gasteiger partial charge in [-0.15, -0.1) is 0 Å². The van der Waals surface area contributed by atoms with Crippen molar-refractivity contribution in [1.82, 2.24) is 21.3 Å². The van der Waals surface area contributed by atoms with Crippen LogP contribution in [0.3, 0.4) is 0 Å². The van der Waals surface area contributed by atoms with E-state index in [2.05, 4.69) is 21.3 Å². The molecule has 0 unspecified atom stereocenters. The van der Waals surface area contributed by atoms with Crippen LogP contribution >= 0.6 is 0 Å². The molecule has 0 amide bonds. The third kappa shape index (κ3) is 10.6. The van der Waals surface area contributed by atoms with Gasteiger partial charge in [0.2, 0.25) is 0 Å². The Bertz CT molecular complexity index is 70.7. The van der Waals surface area contributed by atoms with Crippen LogP contribution < -0.4 is 21.3 Å². The predicted molar refractivity (Wildman–Crippen MR) is 60.7 cm³/mol. The van der Waals surface area contributed by atoms with Crippen molar-refractivity contribution in [1.29, 1.82) is 0 Å². The van der Waals surface area contributed by atoms with Crippen molar-refractivity contribution in [3.05, 3.63) is 0 Å². The monoisotopic (exact) mass is 263 g/mol. The van der Waals surface area contributed by atoms with Gasteiger partial charge in [-0.2, -0.15) is 0 Å². The zero-order valence-electron chi connectivity index (χ0n) is 9.37. The van der Waals surface area contributed by atoms with Gasteiger partial charge < -0.3 is 21.3 Å². The first-order valence-electron chi connectivity index (χ1n) is 5.83. The first-order valence-corrected chi connectivity index (χ1v) is 5.83. The van der Waals surface area contributed by atoms with Gasteiger partial charge in [-0.3, -0.25) is 0 Å². The third-order valence-electron chi connectivity index (χ3n) is 2.37. The van der Waals surface area contributed by atoms with Gasteiger partial charge >= 0.3 is 17.1 Å². The summed E-state index contributed by atoms with van der Waals surface area (Å²) in [6, 6.07) is 0. The second-order valence-electron chi connectivity index (χ2n) is 3.71. The molecule has 1 rings (SSSR count).